The molecular formula is C22H34FN5O5S. The second kappa shape index (κ2) is 9.63. The molecule has 0 bridgehead atoms. The zero-order valence-electron chi connectivity index (χ0n) is 20.1. The topological polar surface area (TPSA) is 114 Å². The van der Waals surface area contributed by atoms with Crippen molar-refractivity contribution >= 4 is 16.3 Å². The van der Waals surface area contributed by atoms with Gasteiger partial charge in [0.05, 0.1) is 37.8 Å². The highest BCUT2D eigenvalue weighted by atomic mass is 32.2. The van der Waals surface area contributed by atoms with Crippen LogP contribution in [0.15, 0.2) is 12.4 Å². The van der Waals surface area contributed by atoms with Crippen LogP contribution in [-0.2, 0) is 25.1 Å². The molecule has 12 heteroatoms. The monoisotopic (exact) mass is 499 g/mol. The summed E-state index contributed by atoms with van der Waals surface area (Å²) in [6.45, 7) is 4.07. The summed E-state index contributed by atoms with van der Waals surface area (Å²) in [7, 11) is -0.753. The molecule has 1 amide bonds. The van der Waals surface area contributed by atoms with Gasteiger partial charge in [0.2, 0.25) is 0 Å². The number of nitrogens with one attached hydrogen (secondary N) is 1. The second-order valence-electron chi connectivity index (χ2n) is 9.78. The van der Waals surface area contributed by atoms with E-state index in [2.05, 4.69) is 14.7 Å². The Hall–Kier alpha value is -1.89. The molecule has 1 aromatic heterocycles. The summed E-state index contributed by atoms with van der Waals surface area (Å²) in [5.41, 5.74) is -0.0870. The van der Waals surface area contributed by atoms with Crippen LogP contribution in [0, 0.1) is 11.7 Å². The lowest BCUT2D eigenvalue weighted by atomic mass is 9.86. The molecule has 0 aromatic carbocycles. The molecule has 4 rings (SSSR count). The average Bonchev–Trinajstić information content (AvgIpc) is 3.43. The molecule has 6 atom stereocenters. The number of rotatable bonds is 8. The van der Waals surface area contributed by atoms with Gasteiger partial charge in [0.15, 0.2) is 5.82 Å². The van der Waals surface area contributed by atoms with E-state index >= 15 is 0 Å². The van der Waals surface area contributed by atoms with Crippen LogP contribution in [0.3, 0.4) is 0 Å². The van der Waals surface area contributed by atoms with Crippen molar-refractivity contribution in [3.05, 3.63) is 24.0 Å². The molecule has 2 aliphatic carbocycles. The first-order valence-electron chi connectivity index (χ1n) is 11.8. The number of hydrogen-bond acceptors (Lipinski definition) is 7. The summed E-state index contributed by atoms with van der Waals surface area (Å²) in [5, 5.41) is 0. The number of carbonyl (C=O) groups excluding carboxylic acids is 1. The molecule has 1 N–H and O–H groups in total. The third kappa shape index (κ3) is 4.91. The zero-order chi connectivity index (χ0) is 24.7. The van der Waals surface area contributed by atoms with Crippen molar-refractivity contribution in [2.45, 2.75) is 75.6 Å². The number of likely N-dealkylation sites (tertiary alicyclic amines) is 1. The maximum Gasteiger partial charge on any atom is 0.410 e. The Kier molecular flexibility index (Phi) is 7.14. The van der Waals surface area contributed by atoms with Gasteiger partial charge in [-0.1, -0.05) is 0 Å². The van der Waals surface area contributed by atoms with Crippen molar-refractivity contribution in [2.75, 3.05) is 27.3 Å². The average molecular weight is 500 g/mol. The fourth-order valence-corrected chi connectivity index (χ4v) is 6.33. The Morgan fingerprint density at radius 2 is 2.03 bits per heavy atom. The summed E-state index contributed by atoms with van der Waals surface area (Å²) in [6.07, 6.45) is 5.87. The van der Waals surface area contributed by atoms with Crippen molar-refractivity contribution in [2.24, 2.45) is 5.92 Å². The Labute approximate surface area is 200 Å². The Morgan fingerprint density at radius 3 is 2.65 bits per heavy atom. The minimum Gasteiger partial charge on any atom is -0.450 e. The molecule has 0 unspecified atom stereocenters. The Balaban J connectivity index is 1.41. The number of fused-ring (bicyclic) bond motifs is 1. The highest BCUT2D eigenvalue weighted by Gasteiger charge is 2.60. The van der Waals surface area contributed by atoms with Crippen LogP contribution in [-0.4, -0.2) is 85.2 Å². The summed E-state index contributed by atoms with van der Waals surface area (Å²) in [6, 6.07) is -1.15. The van der Waals surface area contributed by atoms with Gasteiger partial charge in [-0.05, 0) is 51.9 Å². The highest BCUT2D eigenvalue weighted by Crippen LogP contribution is 2.61. The second-order valence-corrected chi connectivity index (χ2v) is 11.7. The molecule has 1 aliphatic heterocycles. The van der Waals surface area contributed by atoms with Crippen LogP contribution in [0.4, 0.5) is 9.18 Å². The van der Waals surface area contributed by atoms with Crippen molar-refractivity contribution in [3.63, 3.8) is 0 Å². The van der Waals surface area contributed by atoms with E-state index in [1.54, 1.807) is 11.8 Å². The molecule has 0 spiro atoms. The van der Waals surface area contributed by atoms with Crippen LogP contribution in [0.5, 0.6) is 0 Å². The number of nitrogens with zero attached hydrogens (tertiary/aromatic N) is 4. The minimum atomic E-state index is -3.68. The van der Waals surface area contributed by atoms with Gasteiger partial charge < -0.3 is 9.47 Å². The molecular weight excluding hydrogens is 465 g/mol. The fourth-order valence-electron chi connectivity index (χ4n) is 5.48. The van der Waals surface area contributed by atoms with Gasteiger partial charge in [-0.2, -0.15) is 17.4 Å². The molecule has 3 aliphatic rings. The van der Waals surface area contributed by atoms with Gasteiger partial charge in [0, 0.05) is 31.6 Å². The third-order valence-electron chi connectivity index (χ3n) is 7.41. The quantitative estimate of drug-likeness (QED) is 0.580. The van der Waals surface area contributed by atoms with E-state index in [0.29, 0.717) is 18.2 Å². The molecule has 10 nitrogen and oxygen atoms in total. The van der Waals surface area contributed by atoms with Crippen molar-refractivity contribution < 1.29 is 27.1 Å². The van der Waals surface area contributed by atoms with E-state index in [9.17, 15) is 17.6 Å². The molecule has 1 saturated heterocycles. The van der Waals surface area contributed by atoms with Gasteiger partial charge in [0.1, 0.15) is 5.82 Å². The highest BCUT2D eigenvalue weighted by molar-refractivity contribution is 7.87. The first kappa shape index (κ1) is 25.2. The standard InChI is InChI=1S/C22H34FN5O5S/c1-5-32-21(29)28-14(2)8-18(26-34(30,31)27(3)4)19(28)13-33-17-6-7-22(10-15(22)9-17)20-24-11-16(23)12-25-20/h11-12,14-15,17-19,26H,5-10,13H2,1-4H3/t14-,15-,17+,18+,19+,22-/m1/s1. The van der Waals surface area contributed by atoms with Crippen molar-refractivity contribution in [3.8, 4) is 0 Å². The Bertz CT molecular complexity index is 994. The first-order valence-corrected chi connectivity index (χ1v) is 13.3. The van der Waals surface area contributed by atoms with Crippen LogP contribution in [0.2, 0.25) is 0 Å². The van der Waals surface area contributed by atoms with Crippen molar-refractivity contribution in [1.82, 2.24) is 23.9 Å². The molecule has 0 radical (unpaired) electrons. The number of carbonyl (C=O) groups is 1. The van der Waals surface area contributed by atoms with E-state index in [-0.39, 0.29) is 30.8 Å². The summed E-state index contributed by atoms with van der Waals surface area (Å²) in [5.74, 6) is 0.641. The van der Waals surface area contributed by atoms with Gasteiger partial charge in [-0.3, -0.25) is 4.90 Å². The summed E-state index contributed by atoms with van der Waals surface area (Å²) in [4.78, 5) is 22.7. The zero-order valence-corrected chi connectivity index (χ0v) is 20.9. The van der Waals surface area contributed by atoms with E-state index in [1.807, 2.05) is 6.92 Å². The van der Waals surface area contributed by atoms with Gasteiger partial charge in [-0.25, -0.2) is 19.2 Å². The van der Waals surface area contributed by atoms with Gasteiger partial charge in [-0.15, -0.1) is 0 Å². The number of amides is 1. The molecule has 190 valence electrons. The number of aromatic nitrogens is 2. The molecule has 3 fully saturated rings. The van der Waals surface area contributed by atoms with E-state index in [1.165, 1.54) is 26.5 Å². The largest absolute Gasteiger partial charge is 0.450 e. The lowest BCUT2D eigenvalue weighted by Gasteiger charge is -2.33. The molecule has 2 saturated carbocycles. The van der Waals surface area contributed by atoms with E-state index in [4.69, 9.17) is 9.47 Å². The molecule has 1 aromatic rings. The summed E-state index contributed by atoms with van der Waals surface area (Å²) >= 11 is 0. The number of hydrogen-bond donors (Lipinski definition) is 1. The SMILES string of the molecule is CCOC(=O)N1[C@H](C)C[C@H](NS(=O)(=O)N(C)C)[C@@H]1CO[C@H]1CC[C@@]2(c3ncc(F)cn3)C[C@H]2C1. The molecule has 34 heavy (non-hydrogen) atoms. The van der Waals surface area contributed by atoms with Crippen molar-refractivity contribution in [1.29, 1.82) is 0 Å². The number of ether oxygens (including phenoxy) is 2. The van der Waals surface area contributed by atoms with Crippen LogP contribution in [0.25, 0.3) is 0 Å². The van der Waals surface area contributed by atoms with Gasteiger partial charge >= 0.3 is 6.09 Å². The predicted molar refractivity (Wildman–Crippen MR) is 122 cm³/mol. The van der Waals surface area contributed by atoms with Crippen LogP contribution in [0.1, 0.15) is 51.8 Å². The molecule has 2 heterocycles. The fraction of sp³-hybridized carbons (Fsp3) is 0.773. The predicted octanol–water partition coefficient (Wildman–Crippen LogP) is 1.83. The lowest BCUT2D eigenvalue weighted by molar-refractivity contribution is -0.0117. The smallest absolute Gasteiger partial charge is 0.410 e. The van der Waals surface area contributed by atoms with Crippen LogP contribution >= 0.6 is 0 Å². The van der Waals surface area contributed by atoms with Gasteiger partial charge in [0.25, 0.3) is 10.2 Å². The minimum absolute atomic E-state index is 0.00729. The summed E-state index contributed by atoms with van der Waals surface area (Å²) < 4.78 is 53.6. The van der Waals surface area contributed by atoms with Crippen LogP contribution < -0.4 is 4.72 Å². The van der Waals surface area contributed by atoms with E-state index in [0.717, 1.165) is 30.0 Å². The number of halogens is 1. The normalized spacial score (nSPS) is 33.1. The maximum absolute atomic E-state index is 13.2. The third-order valence-corrected chi connectivity index (χ3v) is 8.97. The Morgan fingerprint density at radius 1 is 1.32 bits per heavy atom. The first-order chi connectivity index (χ1) is 16.1. The lowest BCUT2D eigenvalue weighted by Crippen LogP contribution is -2.52. The maximum atomic E-state index is 13.2. The van der Waals surface area contributed by atoms with E-state index < -0.39 is 34.2 Å².